The van der Waals surface area contributed by atoms with E-state index in [1.165, 1.54) is 5.57 Å². The van der Waals surface area contributed by atoms with E-state index in [0.717, 1.165) is 25.8 Å². The van der Waals surface area contributed by atoms with Gasteiger partial charge in [0.05, 0.1) is 24.4 Å². The van der Waals surface area contributed by atoms with Crippen molar-refractivity contribution < 1.29 is 14.3 Å². The molecule has 1 aromatic heterocycles. The highest BCUT2D eigenvalue weighted by atomic mass is 16.5. The van der Waals surface area contributed by atoms with Gasteiger partial charge in [0.15, 0.2) is 0 Å². The molecule has 3 aliphatic rings. The zero-order valence-electron chi connectivity index (χ0n) is 18.1. The molecule has 1 saturated carbocycles. The molecule has 1 aromatic rings. The van der Waals surface area contributed by atoms with Crippen molar-refractivity contribution in [2.45, 2.75) is 51.3 Å². The molecular weight excluding hydrogens is 384 g/mol. The van der Waals surface area contributed by atoms with E-state index in [2.05, 4.69) is 34.6 Å². The van der Waals surface area contributed by atoms with Gasteiger partial charge in [-0.25, -0.2) is 4.79 Å². The minimum atomic E-state index is -0.233. The number of aliphatic imine (C=N–C) groups is 1. The third kappa shape index (κ3) is 4.12. The fourth-order valence-corrected chi connectivity index (χ4v) is 4.67. The second-order valence-electron chi connectivity index (χ2n) is 9.06. The lowest BCUT2D eigenvalue weighted by atomic mass is 9.97. The van der Waals surface area contributed by atoms with E-state index in [9.17, 15) is 9.59 Å². The smallest absolute Gasteiger partial charge is 0.318 e. The summed E-state index contributed by atoms with van der Waals surface area (Å²) in [4.78, 5) is 31.4. The molecule has 1 saturated heterocycles. The van der Waals surface area contributed by atoms with Crippen LogP contribution in [-0.2, 0) is 18.4 Å². The van der Waals surface area contributed by atoms with Gasteiger partial charge >= 0.3 is 6.03 Å². The van der Waals surface area contributed by atoms with Gasteiger partial charge in [0, 0.05) is 26.7 Å². The second-order valence-corrected chi connectivity index (χ2v) is 9.06. The Morgan fingerprint density at radius 3 is 2.90 bits per heavy atom. The largest absolute Gasteiger partial charge is 0.378 e. The molecule has 0 aromatic carbocycles. The maximum absolute atomic E-state index is 12.6. The van der Waals surface area contributed by atoms with Crippen molar-refractivity contribution in [2.24, 2.45) is 18.0 Å². The van der Waals surface area contributed by atoms with Gasteiger partial charge < -0.3 is 20.3 Å². The van der Waals surface area contributed by atoms with E-state index >= 15 is 0 Å². The first kappa shape index (κ1) is 20.6. The van der Waals surface area contributed by atoms with Crippen molar-refractivity contribution in [1.29, 1.82) is 0 Å². The van der Waals surface area contributed by atoms with Gasteiger partial charge in [0.25, 0.3) is 5.91 Å². The average molecular weight is 415 g/mol. The van der Waals surface area contributed by atoms with Crippen molar-refractivity contribution in [3.63, 3.8) is 0 Å². The van der Waals surface area contributed by atoms with Gasteiger partial charge in [-0.3, -0.25) is 14.5 Å². The van der Waals surface area contributed by atoms with E-state index < -0.39 is 0 Å². The molecule has 0 unspecified atom stereocenters. The van der Waals surface area contributed by atoms with Crippen LogP contribution in [0.4, 0.5) is 4.79 Å². The number of urea groups is 1. The summed E-state index contributed by atoms with van der Waals surface area (Å²) in [5, 5.41) is 10.2. The Labute approximate surface area is 176 Å². The van der Waals surface area contributed by atoms with Crippen LogP contribution in [0.15, 0.2) is 22.7 Å². The quantitative estimate of drug-likeness (QED) is 0.764. The lowest BCUT2D eigenvalue weighted by Crippen LogP contribution is -2.36. The van der Waals surface area contributed by atoms with Crippen molar-refractivity contribution in [3.05, 3.63) is 29.1 Å². The molecule has 2 N–H and O–H groups in total. The number of hydrogen-bond donors (Lipinski definition) is 2. The summed E-state index contributed by atoms with van der Waals surface area (Å²) in [5.74, 6) is 0.756. The number of carbonyl (C=O) groups is 2. The lowest BCUT2D eigenvalue weighted by Gasteiger charge is -2.24. The summed E-state index contributed by atoms with van der Waals surface area (Å²) in [6.45, 7) is 5.82. The molecule has 9 nitrogen and oxygen atoms in total. The SMILES string of the molecule is COCc1cc(C(=O)NC2=NCC([C@@H]3CC[C@@H](N4CC(C)(C)NC4=O)C3)=C2)n(C)n1. The van der Waals surface area contributed by atoms with Gasteiger partial charge in [-0.1, -0.05) is 0 Å². The predicted molar refractivity (Wildman–Crippen MR) is 112 cm³/mol. The van der Waals surface area contributed by atoms with E-state index in [4.69, 9.17) is 4.74 Å². The van der Waals surface area contributed by atoms with Crippen LogP contribution in [0.25, 0.3) is 0 Å². The second kappa shape index (κ2) is 7.86. The Kier molecular flexibility index (Phi) is 5.40. The van der Waals surface area contributed by atoms with Gasteiger partial charge in [-0.2, -0.15) is 5.10 Å². The van der Waals surface area contributed by atoms with Gasteiger partial charge in [0.1, 0.15) is 11.5 Å². The number of methoxy groups -OCH3 is 1. The number of hydrogen-bond acceptors (Lipinski definition) is 5. The van der Waals surface area contributed by atoms with Crippen molar-refractivity contribution in [3.8, 4) is 0 Å². The third-order valence-electron chi connectivity index (χ3n) is 6.09. The summed E-state index contributed by atoms with van der Waals surface area (Å²) in [7, 11) is 3.33. The van der Waals surface area contributed by atoms with Crippen LogP contribution >= 0.6 is 0 Å². The number of nitrogens with one attached hydrogen (secondary N) is 2. The molecule has 162 valence electrons. The number of nitrogens with zero attached hydrogens (tertiary/aromatic N) is 4. The Balaban J connectivity index is 1.35. The molecule has 0 radical (unpaired) electrons. The summed E-state index contributed by atoms with van der Waals surface area (Å²) < 4.78 is 6.62. The first-order valence-corrected chi connectivity index (χ1v) is 10.4. The van der Waals surface area contributed by atoms with Gasteiger partial charge in [0.2, 0.25) is 0 Å². The minimum Gasteiger partial charge on any atom is -0.378 e. The van der Waals surface area contributed by atoms with Crippen LogP contribution in [0.5, 0.6) is 0 Å². The molecule has 3 amide bonds. The van der Waals surface area contributed by atoms with Crippen molar-refractivity contribution in [2.75, 3.05) is 20.2 Å². The van der Waals surface area contributed by atoms with E-state index in [1.54, 1.807) is 24.9 Å². The highest BCUT2D eigenvalue weighted by molar-refractivity contribution is 6.10. The first-order valence-electron chi connectivity index (χ1n) is 10.4. The number of carbonyl (C=O) groups excluding carboxylic acids is 2. The molecule has 9 heteroatoms. The number of aromatic nitrogens is 2. The Bertz CT molecular complexity index is 916. The normalized spacial score (nSPS) is 25.3. The number of rotatable bonds is 5. The van der Waals surface area contributed by atoms with Crippen LogP contribution in [0.1, 0.15) is 49.3 Å². The number of aryl methyl sites for hydroxylation is 1. The standard InChI is InChI=1S/C21H30N6O3/c1-21(2)12-27(20(29)24-21)16-6-5-13(7-16)14-8-18(22-10-14)23-19(28)17-9-15(11-30-4)25-26(17)3/h8-9,13,16H,5-7,10-12H2,1-4H3,(H,24,29)(H,22,23,28)/t13-,16-/m1/s1. The average Bonchev–Trinajstić information content (AvgIpc) is 3.42. The molecule has 2 fully saturated rings. The molecule has 3 heterocycles. The molecule has 1 aliphatic carbocycles. The van der Waals surface area contributed by atoms with E-state index in [1.807, 2.05) is 11.0 Å². The Morgan fingerprint density at radius 2 is 2.20 bits per heavy atom. The zero-order chi connectivity index (χ0) is 21.5. The maximum atomic E-state index is 12.6. The van der Waals surface area contributed by atoms with E-state index in [0.29, 0.717) is 36.3 Å². The summed E-state index contributed by atoms with van der Waals surface area (Å²) in [6, 6.07) is 2.03. The molecular formula is C21H30N6O3. The maximum Gasteiger partial charge on any atom is 0.318 e. The fraction of sp³-hybridized carbons (Fsp3) is 0.619. The molecule has 4 rings (SSSR count). The van der Waals surface area contributed by atoms with E-state index in [-0.39, 0.29) is 23.5 Å². The number of amidine groups is 1. The number of ether oxygens (including phenoxy) is 1. The highest BCUT2D eigenvalue weighted by Gasteiger charge is 2.41. The molecule has 0 spiro atoms. The zero-order valence-corrected chi connectivity index (χ0v) is 18.1. The summed E-state index contributed by atoms with van der Waals surface area (Å²) in [5.41, 5.74) is 2.24. The predicted octanol–water partition coefficient (Wildman–Crippen LogP) is 1.61. The van der Waals surface area contributed by atoms with Crippen molar-refractivity contribution >= 4 is 17.8 Å². The van der Waals surface area contributed by atoms with Crippen molar-refractivity contribution in [1.82, 2.24) is 25.3 Å². The van der Waals surface area contributed by atoms with Crippen LogP contribution in [0.2, 0.25) is 0 Å². The monoisotopic (exact) mass is 414 g/mol. The first-order chi connectivity index (χ1) is 14.3. The van der Waals surface area contributed by atoms with Crippen LogP contribution in [-0.4, -0.2) is 64.2 Å². The lowest BCUT2D eigenvalue weighted by molar-refractivity contribution is 0.0968. The minimum absolute atomic E-state index is 0.0410. The summed E-state index contributed by atoms with van der Waals surface area (Å²) >= 11 is 0. The molecule has 2 atom stereocenters. The summed E-state index contributed by atoms with van der Waals surface area (Å²) in [6.07, 6.45) is 4.99. The third-order valence-corrected chi connectivity index (χ3v) is 6.09. The molecule has 0 bridgehead atoms. The topological polar surface area (TPSA) is 101 Å². The highest BCUT2D eigenvalue weighted by Crippen LogP contribution is 2.37. The van der Waals surface area contributed by atoms with Gasteiger partial charge in [-0.15, -0.1) is 0 Å². The Hall–Kier alpha value is -2.68. The molecule has 30 heavy (non-hydrogen) atoms. The van der Waals surface area contributed by atoms with Gasteiger partial charge in [-0.05, 0) is 56.7 Å². The Morgan fingerprint density at radius 1 is 1.40 bits per heavy atom. The number of amides is 3. The van der Waals surface area contributed by atoms with Crippen LogP contribution < -0.4 is 10.6 Å². The molecule has 2 aliphatic heterocycles. The van der Waals surface area contributed by atoms with Crippen LogP contribution in [0.3, 0.4) is 0 Å². The van der Waals surface area contributed by atoms with Crippen LogP contribution in [0, 0.1) is 5.92 Å². The fourth-order valence-electron chi connectivity index (χ4n) is 4.67.